The molecular weight excluding hydrogens is 737 g/mol. The lowest BCUT2D eigenvalue weighted by atomic mass is 9.33. The van der Waals surface area contributed by atoms with E-state index in [4.69, 9.17) is 0 Å². The summed E-state index contributed by atoms with van der Waals surface area (Å²) in [4.78, 5) is 8.43. The number of anilines is 7. The number of hydrogen-bond donors (Lipinski definition) is 0. The number of rotatable bonds is 3. The monoisotopic (exact) mass is 797 g/mol. The highest BCUT2D eigenvalue weighted by Gasteiger charge is 2.64. The van der Waals surface area contributed by atoms with Crippen molar-refractivity contribution in [2.75, 3.05) is 14.7 Å². The van der Waals surface area contributed by atoms with E-state index < -0.39 is 0 Å². The van der Waals surface area contributed by atoms with Crippen LogP contribution in [0.1, 0.15) is 126 Å². The Labute approximate surface area is 364 Å². The third kappa shape index (κ3) is 4.67. The molecule has 3 nitrogen and oxygen atoms in total. The number of fused-ring (bicyclic) bond motifs is 10. The molecule has 61 heavy (non-hydrogen) atoms. The molecule has 0 amide bonds. The lowest BCUT2D eigenvalue weighted by Crippen LogP contribution is -2.64. The first-order chi connectivity index (χ1) is 29.3. The van der Waals surface area contributed by atoms with E-state index in [0.29, 0.717) is 0 Å². The van der Waals surface area contributed by atoms with Gasteiger partial charge in [-0.3, -0.25) is 0 Å². The Bertz CT molecular complexity index is 2820. The molecule has 2 fully saturated rings. The predicted molar refractivity (Wildman–Crippen MR) is 259 cm³/mol. The van der Waals surface area contributed by atoms with E-state index in [0.717, 1.165) is 12.8 Å². The van der Waals surface area contributed by atoms with Crippen molar-refractivity contribution in [2.45, 2.75) is 134 Å². The molecule has 4 unspecified atom stereocenters. The first kappa shape index (κ1) is 37.5. The molecule has 0 saturated heterocycles. The maximum absolute atomic E-state index is 2.91. The van der Waals surface area contributed by atoms with Crippen LogP contribution in [-0.4, -0.2) is 17.8 Å². The van der Waals surface area contributed by atoms with Crippen LogP contribution >= 0.6 is 0 Å². The highest BCUT2D eigenvalue weighted by atomic mass is 15.3. The summed E-state index contributed by atoms with van der Waals surface area (Å²) in [5.41, 5.74) is 22.1. The molecule has 6 aromatic carbocycles. The van der Waals surface area contributed by atoms with Crippen molar-refractivity contribution < 1.29 is 0 Å². The lowest BCUT2D eigenvalue weighted by Gasteiger charge is -2.54. The van der Waals surface area contributed by atoms with Crippen LogP contribution < -0.4 is 31.1 Å². The van der Waals surface area contributed by atoms with Gasteiger partial charge in [0.1, 0.15) is 0 Å². The highest BCUT2D eigenvalue weighted by Crippen LogP contribution is 2.66. The Morgan fingerprint density at radius 1 is 0.525 bits per heavy atom. The summed E-state index contributed by atoms with van der Waals surface area (Å²) in [5.74, 6) is 0. The van der Waals surface area contributed by atoms with Gasteiger partial charge in [-0.25, -0.2) is 0 Å². The molecule has 0 N–H and O–H groups in total. The van der Waals surface area contributed by atoms with Gasteiger partial charge in [-0.05, 0) is 145 Å². The summed E-state index contributed by atoms with van der Waals surface area (Å²) >= 11 is 0. The number of hydrogen-bond acceptors (Lipinski definition) is 3. The minimum atomic E-state index is -0.185. The SMILES string of the molecule is Cc1cccc(N2c3cc(C)ccc3B3c4cccc5c4N(c4cc(N6c7ccc(C(C)(C)C)cc7C7(c8ccccc8)CCCCC67C)cc2c43)C2(C)CCCCC52C)c1. The average molecular weight is 798 g/mol. The van der Waals surface area contributed by atoms with Crippen LogP contribution in [0.3, 0.4) is 0 Å². The van der Waals surface area contributed by atoms with Crippen LogP contribution in [0.15, 0.2) is 121 Å². The Balaban J connectivity index is 1.21. The molecule has 2 saturated carbocycles. The average Bonchev–Trinajstić information content (AvgIpc) is 3.61. The summed E-state index contributed by atoms with van der Waals surface area (Å²) in [7, 11) is 0. The number of benzene rings is 6. The van der Waals surface area contributed by atoms with Crippen molar-refractivity contribution in [3.8, 4) is 0 Å². The van der Waals surface area contributed by atoms with Crippen molar-refractivity contribution in [1.82, 2.24) is 0 Å². The van der Waals surface area contributed by atoms with Crippen LogP contribution in [0, 0.1) is 13.8 Å². The molecule has 2 aliphatic carbocycles. The fourth-order valence-corrected chi connectivity index (χ4v) is 14.2. The zero-order chi connectivity index (χ0) is 41.8. The van der Waals surface area contributed by atoms with E-state index in [1.54, 1.807) is 5.56 Å². The highest BCUT2D eigenvalue weighted by molar-refractivity contribution is 7.00. The lowest BCUT2D eigenvalue weighted by molar-refractivity contribution is 0.195. The van der Waals surface area contributed by atoms with Gasteiger partial charge in [-0.2, -0.15) is 0 Å². The summed E-state index contributed by atoms with van der Waals surface area (Å²) in [6.07, 6.45) is 9.70. The van der Waals surface area contributed by atoms with Crippen LogP contribution in [0.5, 0.6) is 0 Å². The fourth-order valence-electron chi connectivity index (χ4n) is 14.2. The van der Waals surface area contributed by atoms with Crippen LogP contribution in [0.4, 0.5) is 39.8 Å². The van der Waals surface area contributed by atoms with Gasteiger partial charge in [0.25, 0.3) is 6.71 Å². The zero-order valence-corrected chi connectivity index (χ0v) is 37.6. The summed E-state index contributed by atoms with van der Waals surface area (Å²) < 4.78 is 0. The van der Waals surface area contributed by atoms with Crippen LogP contribution in [0.25, 0.3) is 0 Å². The minimum absolute atomic E-state index is 0.0409. The minimum Gasteiger partial charge on any atom is -0.335 e. The molecule has 0 aromatic heterocycles. The Hall–Kier alpha value is -5.22. The van der Waals surface area contributed by atoms with E-state index in [1.165, 1.54) is 123 Å². The van der Waals surface area contributed by atoms with Gasteiger partial charge in [-0.15, -0.1) is 0 Å². The van der Waals surface area contributed by atoms with E-state index in [2.05, 4.69) is 191 Å². The molecular formula is C57H60BN3. The zero-order valence-electron chi connectivity index (χ0n) is 37.6. The van der Waals surface area contributed by atoms with E-state index in [-0.39, 0.29) is 34.0 Å². The van der Waals surface area contributed by atoms with Gasteiger partial charge >= 0.3 is 0 Å². The third-order valence-electron chi connectivity index (χ3n) is 17.3. The first-order valence-electron chi connectivity index (χ1n) is 23.4. The normalized spacial score (nSPS) is 26.6. The van der Waals surface area contributed by atoms with Crippen LogP contribution in [-0.2, 0) is 16.2 Å². The molecule has 12 rings (SSSR count). The Morgan fingerprint density at radius 2 is 1.25 bits per heavy atom. The van der Waals surface area contributed by atoms with Gasteiger partial charge in [0.2, 0.25) is 0 Å². The van der Waals surface area contributed by atoms with Crippen molar-refractivity contribution in [1.29, 1.82) is 0 Å². The fraction of sp³-hybridized carbons (Fsp3) is 0.368. The van der Waals surface area contributed by atoms with E-state index >= 15 is 0 Å². The summed E-state index contributed by atoms with van der Waals surface area (Å²) in [6.45, 7) is 19.6. The third-order valence-corrected chi connectivity index (χ3v) is 17.3. The molecule has 0 spiro atoms. The molecule has 0 bridgehead atoms. The van der Waals surface area contributed by atoms with Gasteiger partial charge in [0.15, 0.2) is 0 Å². The first-order valence-corrected chi connectivity index (χ1v) is 23.4. The van der Waals surface area contributed by atoms with Crippen molar-refractivity contribution >= 4 is 62.9 Å². The van der Waals surface area contributed by atoms with Crippen molar-refractivity contribution in [3.63, 3.8) is 0 Å². The number of para-hydroxylation sites is 1. The standard InChI is InChI=1S/C57H60BN3/c1-37-18-16-21-41(32-37)59-48-33-38(2)24-26-45(48)58-46-23-17-22-43-52(46)61(55(7)29-13-12-28-54(43,55)6)50-36-42(35-49(59)51(50)58)60-47-27-25-40(53(3,4)5)34-44(47)57(39-19-10-9-11-20-39)31-15-14-30-56(57,60)8/h9-11,16-27,32-36H,12-15,28-31H2,1-8H3. The second-order valence-corrected chi connectivity index (χ2v) is 21.5. The molecule has 4 atom stereocenters. The molecule has 6 aliphatic rings. The quantitative estimate of drug-likeness (QED) is 0.165. The largest absolute Gasteiger partial charge is 0.335 e. The van der Waals surface area contributed by atoms with E-state index in [9.17, 15) is 0 Å². The van der Waals surface area contributed by atoms with Crippen LogP contribution in [0.2, 0.25) is 0 Å². The van der Waals surface area contributed by atoms with Gasteiger partial charge < -0.3 is 14.7 Å². The molecule has 306 valence electrons. The van der Waals surface area contributed by atoms with Gasteiger partial charge in [0, 0.05) is 50.6 Å². The van der Waals surface area contributed by atoms with Crippen molar-refractivity contribution in [3.05, 3.63) is 155 Å². The Morgan fingerprint density at radius 3 is 2.03 bits per heavy atom. The van der Waals surface area contributed by atoms with Crippen molar-refractivity contribution in [2.24, 2.45) is 0 Å². The number of aryl methyl sites for hydroxylation is 2. The summed E-state index contributed by atoms with van der Waals surface area (Å²) in [6, 6.07) is 48.4. The Kier molecular flexibility index (Phi) is 7.67. The molecule has 4 aliphatic heterocycles. The second-order valence-electron chi connectivity index (χ2n) is 21.5. The van der Waals surface area contributed by atoms with Gasteiger partial charge in [-0.1, -0.05) is 138 Å². The topological polar surface area (TPSA) is 9.72 Å². The maximum Gasteiger partial charge on any atom is 0.252 e. The second kappa shape index (κ2) is 12.5. The predicted octanol–water partition coefficient (Wildman–Crippen LogP) is 12.7. The summed E-state index contributed by atoms with van der Waals surface area (Å²) in [5, 5.41) is 0. The molecule has 0 radical (unpaired) electrons. The number of nitrogens with zero attached hydrogens (tertiary/aromatic N) is 3. The maximum atomic E-state index is 2.91. The smallest absolute Gasteiger partial charge is 0.252 e. The molecule has 6 aromatic rings. The van der Waals surface area contributed by atoms with E-state index in [1.807, 2.05) is 0 Å². The molecule has 4 heterocycles. The van der Waals surface area contributed by atoms with Gasteiger partial charge in [0.05, 0.1) is 11.1 Å². The molecule has 4 heteroatoms.